The lowest BCUT2D eigenvalue weighted by Crippen LogP contribution is -2.39. The first-order valence-corrected chi connectivity index (χ1v) is 6.31. The minimum atomic E-state index is 0.177. The highest BCUT2D eigenvalue weighted by Crippen LogP contribution is 2.48. The fraction of sp³-hybridized carbons (Fsp3) is 0.733. The van der Waals surface area contributed by atoms with Crippen LogP contribution >= 0.6 is 0 Å². The van der Waals surface area contributed by atoms with Gasteiger partial charge in [-0.1, -0.05) is 37.6 Å². The maximum atomic E-state index is 9.52. The van der Waals surface area contributed by atoms with Crippen molar-refractivity contribution in [3.05, 3.63) is 23.8 Å². The Morgan fingerprint density at radius 1 is 1.50 bits per heavy atom. The summed E-state index contributed by atoms with van der Waals surface area (Å²) in [5.41, 5.74) is 2.80. The Labute approximate surface area is 100 Å². The van der Waals surface area contributed by atoms with E-state index in [1.54, 1.807) is 0 Å². The van der Waals surface area contributed by atoms with Gasteiger partial charge in [-0.15, -0.1) is 0 Å². The van der Waals surface area contributed by atoms with E-state index in [-0.39, 0.29) is 17.9 Å². The predicted molar refractivity (Wildman–Crippen MR) is 70.3 cm³/mol. The van der Waals surface area contributed by atoms with Gasteiger partial charge in [-0.2, -0.15) is 0 Å². The van der Waals surface area contributed by atoms with Crippen molar-refractivity contribution in [3.63, 3.8) is 0 Å². The van der Waals surface area contributed by atoms with E-state index in [2.05, 4.69) is 40.3 Å². The van der Waals surface area contributed by atoms with E-state index in [9.17, 15) is 5.11 Å². The Morgan fingerprint density at radius 2 is 2.12 bits per heavy atom. The number of hydrogen-bond donors (Lipinski definition) is 1. The molecule has 1 saturated carbocycles. The van der Waals surface area contributed by atoms with Crippen molar-refractivity contribution in [1.82, 2.24) is 0 Å². The van der Waals surface area contributed by atoms with Gasteiger partial charge < -0.3 is 5.11 Å². The van der Waals surface area contributed by atoms with E-state index in [4.69, 9.17) is 0 Å². The summed E-state index contributed by atoms with van der Waals surface area (Å²) < 4.78 is 0. The van der Waals surface area contributed by atoms with Gasteiger partial charge in [0.1, 0.15) is 0 Å². The van der Waals surface area contributed by atoms with Crippen LogP contribution in [0.25, 0.3) is 0 Å². The molecule has 1 aliphatic carbocycles. The summed E-state index contributed by atoms with van der Waals surface area (Å²) in [4.78, 5) is 0. The van der Waals surface area contributed by atoms with Gasteiger partial charge in [0.25, 0.3) is 0 Å². The molecule has 1 fully saturated rings. The van der Waals surface area contributed by atoms with Crippen molar-refractivity contribution in [1.29, 1.82) is 0 Å². The third-order valence-corrected chi connectivity index (χ3v) is 4.25. The average molecular weight is 222 g/mol. The molecule has 0 amide bonds. The molecule has 0 bridgehead atoms. The lowest BCUT2D eigenvalue weighted by atomic mass is 9.60. The molecule has 0 aliphatic heterocycles. The summed E-state index contributed by atoms with van der Waals surface area (Å²) in [5.74, 6) is 0.946. The lowest BCUT2D eigenvalue weighted by Gasteiger charge is -2.45. The number of rotatable bonds is 3. The summed E-state index contributed by atoms with van der Waals surface area (Å²) >= 11 is 0. The Morgan fingerprint density at radius 3 is 2.62 bits per heavy atom. The van der Waals surface area contributed by atoms with Crippen LogP contribution in [0.2, 0.25) is 0 Å². The quantitative estimate of drug-likeness (QED) is 0.717. The topological polar surface area (TPSA) is 20.2 Å². The second kappa shape index (κ2) is 5.18. The molecule has 0 aromatic rings. The fourth-order valence-corrected chi connectivity index (χ4v) is 2.88. The zero-order valence-corrected chi connectivity index (χ0v) is 11.2. The van der Waals surface area contributed by atoms with Gasteiger partial charge in [-0.3, -0.25) is 0 Å². The maximum absolute atomic E-state index is 9.52. The Hall–Kier alpha value is -0.560. The van der Waals surface area contributed by atoms with Crippen LogP contribution in [-0.4, -0.2) is 11.7 Å². The summed E-state index contributed by atoms with van der Waals surface area (Å²) in [6, 6.07) is 0. The monoisotopic (exact) mass is 222 g/mol. The van der Waals surface area contributed by atoms with Crippen LogP contribution in [0.3, 0.4) is 0 Å². The molecule has 16 heavy (non-hydrogen) atoms. The van der Waals surface area contributed by atoms with Crippen LogP contribution in [0, 0.1) is 17.3 Å². The van der Waals surface area contributed by atoms with E-state index < -0.39 is 0 Å². The first-order valence-electron chi connectivity index (χ1n) is 6.31. The number of aliphatic hydroxyl groups is 1. The van der Waals surface area contributed by atoms with Gasteiger partial charge in [-0.25, -0.2) is 0 Å². The largest absolute Gasteiger partial charge is 0.396 e. The zero-order valence-electron chi connectivity index (χ0n) is 11.2. The summed E-state index contributed by atoms with van der Waals surface area (Å²) in [5, 5.41) is 9.52. The van der Waals surface area contributed by atoms with Crippen LogP contribution in [0.1, 0.15) is 47.0 Å². The molecule has 0 aromatic heterocycles. The summed E-state index contributed by atoms with van der Waals surface area (Å²) in [6.07, 6.45) is 5.76. The van der Waals surface area contributed by atoms with E-state index >= 15 is 0 Å². The minimum absolute atomic E-state index is 0.177. The van der Waals surface area contributed by atoms with Crippen LogP contribution in [0.15, 0.2) is 23.8 Å². The Bertz CT molecular complexity index is 282. The number of allylic oxidation sites excluding steroid dienone is 2. The Kier molecular flexibility index (Phi) is 4.37. The smallest absolute Gasteiger partial charge is 0.0501 e. The molecule has 2 atom stereocenters. The van der Waals surface area contributed by atoms with E-state index in [0.717, 1.165) is 12.8 Å². The highest BCUT2D eigenvalue weighted by Gasteiger charge is 2.40. The lowest BCUT2D eigenvalue weighted by molar-refractivity contribution is 0.0575. The van der Waals surface area contributed by atoms with Crippen molar-refractivity contribution in [2.75, 3.05) is 6.61 Å². The summed E-state index contributed by atoms with van der Waals surface area (Å²) in [7, 11) is 0. The SMILES string of the molecule is C=C1CC[C@H](CC=C(C)C)C(C)(C)[C@H]1CO. The van der Waals surface area contributed by atoms with Crippen LogP contribution in [0.5, 0.6) is 0 Å². The van der Waals surface area contributed by atoms with Crippen molar-refractivity contribution < 1.29 is 5.11 Å². The zero-order chi connectivity index (χ0) is 12.3. The third-order valence-electron chi connectivity index (χ3n) is 4.25. The van der Waals surface area contributed by atoms with Crippen LogP contribution in [-0.2, 0) is 0 Å². The van der Waals surface area contributed by atoms with E-state index in [0.29, 0.717) is 5.92 Å². The second-order valence-electron chi connectivity index (χ2n) is 5.97. The van der Waals surface area contributed by atoms with Crippen LogP contribution in [0.4, 0.5) is 0 Å². The molecule has 1 rings (SSSR count). The molecule has 0 aromatic carbocycles. The average Bonchev–Trinajstić information content (AvgIpc) is 2.15. The predicted octanol–water partition coefficient (Wildman–Crippen LogP) is 3.94. The highest BCUT2D eigenvalue weighted by atomic mass is 16.3. The molecule has 1 N–H and O–H groups in total. The van der Waals surface area contributed by atoms with Crippen molar-refractivity contribution >= 4 is 0 Å². The fourth-order valence-electron chi connectivity index (χ4n) is 2.88. The van der Waals surface area contributed by atoms with E-state index in [1.165, 1.54) is 17.6 Å². The normalized spacial score (nSPS) is 28.9. The first-order chi connectivity index (χ1) is 7.39. The standard InChI is InChI=1S/C15H26O/c1-11(2)6-8-13-9-7-12(3)14(10-16)15(13,4)5/h6,13-14,16H,3,7-10H2,1-2,4-5H3/t13-,14-/m0/s1. The van der Waals surface area contributed by atoms with Gasteiger partial charge in [0, 0.05) is 5.92 Å². The number of hydrogen-bond acceptors (Lipinski definition) is 1. The Balaban J connectivity index is 2.79. The van der Waals surface area contributed by atoms with Crippen LogP contribution < -0.4 is 0 Å². The molecule has 0 spiro atoms. The van der Waals surface area contributed by atoms with Gasteiger partial charge >= 0.3 is 0 Å². The van der Waals surface area contributed by atoms with E-state index in [1.807, 2.05) is 0 Å². The molecule has 1 aliphatic rings. The first kappa shape index (κ1) is 13.5. The van der Waals surface area contributed by atoms with Gasteiger partial charge in [0.2, 0.25) is 0 Å². The molecule has 0 radical (unpaired) electrons. The second-order valence-corrected chi connectivity index (χ2v) is 5.97. The molecular weight excluding hydrogens is 196 g/mol. The molecule has 92 valence electrons. The third kappa shape index (κ3) is 2.76. The number of aliphatic hydroxyl groups excluding tert-OH is 1. The van der Waals surface area contributed by atoms with Crippen molar-refractivity contribution in [3.8, 4) is 0 Å². The summed E-state index contributed by atoms with van der Waals surface area (Å²) in [6.45, 7) is 13.2. The molecule has 0 unspecified atom stereocenters. The molecule has 1 heteroatoms. The van der Waals surface area contributed by atoms with Gasteiger partial charge in [0.05, 0.1) is 6.61 Å². The molecule has 0 heterocycles. The van der Waals surface area contributed by atoms with Gasteiger partial charge in [-0.05, 0) is 44.4 Å². The molecule has 1 nitrogen and oxygen atoms in total. The molecular formula is C15H26O. The van der Waals surface area contributed by atoms with Gasteiger partial charge in [0.15, 0.2) is 0 Å². The van der Waals surface area contributed by atoms with Crippen molar-refractivity contribution in [2.45, 2.75) is 47.0 Å². The maximum Gasteiger partial charge on any atom is 0.0501 e. The minimum Gasteiger partial charge on any atom is -0.396 e. The molecule has 0 saturated heterocycles. The van der Waals surface area contributed by atoms with Crippen molar-refractivity contribution in [2.24, 2.45) is 17.3 Å². The highest BCUT2D eigenvalue weighted by molar-refractivity contribution is 5.12.